The minimum absolute atomic E-state index is 0.135. The minimum atomic E-state index is -0.193. The van der Waals surface area contributed by atoms with E-state index in [0.717, 1.165) is 30.4 Å². The smallest absolute Gasteiger partial charge is 0.161 e. The van der Waals surface area contributed by atoms with Crippen LogP contribution in [0.15, 0.2) is 33.4 Å². The third kappa shape index (κ3) is 2.32. The molecule has 6 nitrogen and oxygen atoms in total. The van der Waals surface area contributed by atoms with Crippen molar-refractivity contribution < 1.29 is 9.47 Å². The van der Waals surface area contributed by atoms with Gasteiger partial charge in [0.15, 0.2) is 24.0 Å². The van der Waals surface area contributed by atoms with E-state index < -0.39 is 0 Å². The van der Waals surface area contributed by atoms with Gasteiger partial charge in [-0.1, -0.05) is 19.9 Å². The van der Waals surface area contributed by atoms with Crippen LogP contribution in [0, 0.1) is 5.41 Å². The molecule has 0 N–H and O–H groups in total. The van der Waals surface area contributed by atoms with Crippen LogP contribution in [0.25, 0.3) is 0 Å². The molecule has 2 heterocycles. The SMILES string of the molecule is COc1ccc(C2(C)CN(C)CC2(C)C2=NCN=N2)cc1OC. The molecule has 0 amide bonds. The van der Waals surface area contributed by atoms with E-state index in [-0.39, 0.29) is 10.8 Å². The number of likely N-dealkylation sites (tertiary alicyclic amines) is 1. The van der Waals surface area contributed by atoms with Crippen LogP contribution in [-0.2, 0) is 5.41 Å². The van der Waals surface area contributed by atoms with E-state index in [2.05, 4.69) is 53.1 Å². The van der Waals surface area contributed by atoms with Crippen molar-refractivity contribution in [1.29, 1.82) is 0 Å². The highest BCUT2D eigenvalue weighted by Gasteiger charge is 2.55. The Balaban J connectivity index is 2.10. The third-order valence-electron chi connectivity index (χ3n) is 5.35. The molecule has 1 aromatic rings. The summed E-state index contributed by atoms with van der Waals surface area (Å²) in [6.07, 6.45) is 0. The summed E-state index contributed by atoms with van der Waals surface area (Å²) in [7, 11) is 5.45. The Bertz CT molecular complexity index is 673. The largest absolute Gasteiger partial charge is 0.493 e. The lowest BCUT2D eigenvalue weighted by Crippen LogP contribution is -2.45. The Hall–Kier alpha value is -1.95. The highest BCUT2D eigenvalue weighted by molar-refractivity contribution is 5.91. The first kappa shape index (κ1) is 15.9. The molecule has 2 aliphatic rings. The molecule has 0 spiro atoms. The van der Waals surface area contributed by atoms with Crippen LogP contribution >= 0.6 is 0 Å². The molecule has 2 atom stereocenters. The van der Waals surface area contributed by atoms with E-state index in [1.807, 2.05) is 6.07 Å². The average molecular weight is 316 g/mol. The number of ether oxygens (including phenoxy) is 2. The van der Waals surface area contributed by atoms with Crippen molar-refractivity contribution in [2.45, 2.75) is 19.3 Å². The van der Waals surface area contributed by atoms with Crippen molar-refractivity contribution in [3.05, 3.63) is 23.8 Å². The molecule has 2 aliphatic heterocycles. The van der Waals surface area contributed by atoms with Gasteiger partial charge < -0.3 is 14.4 Å². The van der Waals surface area contributed by atoms with Gasteiger partial charge in [-0.15, -0.1) is 5.11 Å². The van der Waals surface area contributed by atoms with Gasteiger partial charge in [0.25, 0.3) is 0 Å². The van der Waals surface area contributed by atoms with Crippen molar-refractivity contribution in [2.24, 2.45) is 20.6 Å². The summed E-state index contributed by atoms with van der Waals surface area (Å²) in [5, 5.41) is 8.37. The maximum atomic E-state index is 5.49. The average Bonchev–Trinajstić information content (AvgIpc) is 3.15. The van der Waals surface area contributed by atoms with E-state index in [0.29, 0.717) is 6.67 Å². The topological polar surface area (TPSA) is 58.8 Å². The van der Waals surface area contributed by atoms with Gasteiger partial charge in [-0.3, -0.25) is 0 Å². The fourth-order valence-corrected chi connectivity index (χ4v) is 3.90. The highest BCUT2D eigenvalue weighted by Crippen LogP contribution is 2.50. The lowest BCUT2D eigenvalue weighted by molar-refractivity contribution is 0.317. The molecular weight excluding hydrogens is 292 g/mol. The van der Waals surface area contributed by atoms with E-state index in [1.165, 1.54) is 5.56 Å². The predicted octanol–water partition coefficient (Wildman–Crippen LogP) is 2.74. The number of nitrogens with zero attached hydrogens (tertiary/aromatic N) is 4. The zero-order valence-electron chi connectivity index (χ0n) is 14.5. The summed E-state index contributed by atoms with van der Waals surface area (Å²) in [4.78, 5) is 6.85. The van der Waals surface area contributed by atoms with Gasteiger partial charge in [-0.05, 0) is 24.7 Å². The molecule has 0 bridgehead atoms. The molecule has 23 heavy (non-hydrogen) atoms. The number of aliphatic imine (C=N–C) groups is 1. The monoisotopic (exact) mass is 316 g/mol. The summed E-state index contributed by atoms with van der Waals surface area (Å²) in [5.41, 5.74) is 0.872. The van der Waals surface area contributed by atoms with Crippen molar-refractivity contribution in [3.8, 4) is 11.5 Å². The van der Waals surface area contributed by atoms with Gasteiger partial charge in [0.2, 0.25) is 0 Å². The van der Waals surface area contributed by atoms with Crippen molar-refractivity contribution in [3.63, 3.8) is 0 Å². The van der Waals surface area contributed by atoms with Gasteiger partial charge in [-0.25, -0.2) is 4.99 Å². The molecule has 2 unspecified atom stereocenters. The first-order valence-electron chi connectivity index (χ1n) is 7.78. The number of benzene rings is 1. The molecular formula is C17H24N4O2. The second kappa shape index (κ2) is 5.60. The number of rotatable bonds is 4. The number of amidine groups is 1. The third-order valence-corrected chi connectivity index (χ3v) is 5.35. The number of hydrogen-bond acceptors (Lipinski definition) is 6. The van der Waals surface area contributed by atoms with Crippen LogP contribution in [0.2, 0.25) is 0 Å². The van der Waals surface area contributed by atoms with Crippen LogP contribution < -0.4 is 9.47 Å². The molecule has 124 valence electrons. The molecule has 0 saturated carbocycles. The Kier molecular flexibility index (Phi) is 3.88. The molecule has 6 heteroatoms. The first-order chi connectivity index (χ1) is 10.9. The normalized spacial score (nSPS) is 30.6. The zero-order chi connectivity index (χ0) is 16.7. The number of methoxy groups -OCH3 is 2. The van der Waals surface area contributed by atoms with E-state index in [1.54, 1.807) is 14.2 Å². The van der Waals surface area contributed by atoms with Crippen LogP contribution in [0.3, 0.4) is 0 Å². The quantitative estimate of drug-likeness (QED) is 0.858. The lowest BCUT2D eigenvalue weighted by Gasteiger charge is -2.39. The summed E-state index contributed by atoms with van der Waals surface area (Å²) < 4.78 is 10.9. The fourth-order valence-electron chi connectivity index (χ4n) is 3.90. The molecule has 0 radical (unpaired) electrons. The molecule has 1 saturated heterocycles. The van der Waals surface area contributed by atoms with Crippen LogP contribution in [0.5, 0.6) is 11.5 Å². The number of hydrogen-bond donors (Lipinski definition) is 0. The van der Waals surface area contributed by atoms with Crippen molar-refractivity contribution >= 4 is 5.84 Å². The molecule has 0 aliphatic carbocycles. The van der Waals surface area contributed by atoms with Gasteiger partial charge in [0.05, 0.1) is 19.6 Å². The Labute approximate surface area is 137 Å². The standard InChI is InChI=1S/C17H24N4O2/c1-16(12-6-7-13(22-4)14(8-12)23-5)9-21(3)10-17(16,2)15-18-11-19-20-15/h6-8H,9-11H2,1-5H3. The van der Waals surface area contributed by atoms with E-state index in [9.17, 15) is 0 Å². The summed E-state index contributed by atoms with van der Waals surface area (Å²) in [6.45, 7) is 6.77. The molecule has 0 aromatic heterocycles. The summed E-state index contributed by atoms with van der Waals surface area (Å²) >= 11 is 0. The van der Waals surface area contributed by atoms with Crippen LogP contribution in [-0.4, -0.2) is 51.8 Å². The summed E-state index contributed by atoms with van der Waals surface area (Å²) in [6, 6.07) is 6.16. The second-order valence-corrected chi connectivity index (χ2v) is 6.77. The van der Waals surface area contributed by atoms with Crippen molar-refractivity contribution in [2.75, 3.05) is 41.0 Å². The number of azo groups is 1. The highest BCUT2D eigenvalue weighted by atomic mass is 16.5. The maximum Gasteiger partial charge on any atom is 0.161 e. The van der Waals surface area contributed by atoms with E-state index >= 15 is 0 Å². The minimum Gasteiger partial charge on any atom is -0.493 e. The molecule has 3 rings (SSSR count). The van der Waals surface area contributed by atoms with Gasteiger partial charge in [0, 0.05) is 18.5 Å². The van der Waals surface area contributed by atoms with Crippen molar-refractivity contribution in [1.82, 2.24) is 4.90 Å². The van der Waals surface area contributed by atoms with E-state index in [4.69, 9.17) is 9.47 Å². The second-order valence-electron chi connectivity index (χ2n) is 6.77. The Morgan fingerprint density at radius 3 is 2.35 bits per heavy atom. The van der Waals surface area contributed by atoms with Crippen LogP contribution in [0.4, 0.5) is 0 Å². The van der Waals surface area contributed by atoms with Gasteiger partial charge in [0.1, 0.15) is 0 Å². The fraction of sp³-hybridized carbons (Fsp3) is 0.588. The predicted molar refractivity (Wildman–Crippen MR) is 89.7 cm³/mol. The molecule has 1 aromatic carbocycles. The van der Waals surface area contributed by atoms with Crippen LogP contribution in [0.1, 0.15) is 19.4 Å². The Morgan fingerprint density at radius 1 is 1.04 bits per heavy atom. The number of likely N-dealkylation sites (N-methyl/N-ethyl adjacent to an activating group) is 1. The molecule has 1 fully saturated rings. The first-order valence-corrected chi connectivity index (χ1v) is 7.78. The van der Waals surface area contributed by atoms with Gasteiger partial charge in [-0.2, -0.15) is 5.11 Å². The Morgan fingerprint density at radius 2 is 1.74 bits per heavy atom. The maximum absolute atomic E-state index is 5.49. The van der Waals surface area contributed by atoms with Gasteiger partial charge >= 0.3 is 0 Å². The summed E-state index contributed by atoms with van der Waals surface area (Å²) in [5.74, 6) is 2.34. The lowest BCUT2D eigenvalue weighted by atomic mass is 9.63. The zero-order valence-corrected chi connectivity index (χ0v) is 14.5.